The first-order chi connectivity index (χ1) is 12.4. The van der Waals surface area contributed by atoms with Gasteiger partial charge < -0.3 is 9.26 Å². The largest absolute Gasteiger partial charge is 0.455 e. The first-order valence-corrected chi connectivity index (χ1v) is 7.64. The minimum Gasteiger partial charge on any atom is -0.455 e. The average molecular weight is 377 g/mol. The molecule has 0 radical (unpaired) electrons. The zero-order valence-corrected chi connectivity index (χ0v) is 13.8. The predicted octanol–water partition coefficient (Wildman–Crippen LogP) is 4.40. The van der Waals surface area contributed by atoms with E-state index in [1.165, 1.54) is 42.5 Å². The maximum absolute atomic E-state index is 12.9. The SMILES string of the molecule is O=C(OCc1cc(-c2ccc(F)cc2)on1)c1cc([N+](=O)[O-])ccc1Cl. The van der Waals surface area contributed by atoms with Crippen molar-refractivity contribution in [1.29, 1.82) is 0 Å². The van der Waals surface area contributed by atoms with Gasteiger partial charge in [0, 0.05) is 23.8 Å². The van der Waals surface area contributed by atoms with E-state index in [0.29, 0.717) is 17.0 Å². The van der Waals surface area contributed by atoms with E-state index in [1.54, 1.807) is 0 Å². The summed E-state index contributed by atoms with van der Waals surface area (Å²) in [5.41, 5.74) is 0.530. The molecule has 0 fully saturated rings. The number of aromatic nitrogens is 1. The lowest BCUT2D eigenvalue weighted by molar-refractivity contribution is -0.384. The lowest BCUT2D eigenvalue weighted by Gasteiger charge is -2.04. The van der Waals surface area contributed by atoms with Crippen molar-refractivity contribution < 1.29 is 23.4 Å². The van der Waals surface area contributed by atoms with Crippen LogP contribution in [-0.2, 0) is 11.3 Å². The Balaban J connectivity index is 1.70. The fourth-order valence-electron chi connectivity index (χ4n) is 2.13. The van der Waals surface area contributed by atoms with Crippen LogP contribution in [0, 0.1) is 15.9 Å². The first kappa shape index (κ1) is 17.6. The molecule has 0 aliphatic heterocycles. The van der Waals surface area contributed by atoms with Crippen LogP contribution in [0.1, 0.15) is 16.1 Å². The normalized spacial score (nSPS) is 10.5. The molecule has 0 atom stereocenters. The number of ether oxygens (including phenoxy) is 1. The number of hydrogen-bond acceptors (Lipinski definition) is 6. The van der Waals surface area contributed by atoms with Gasteiger partial charge in [0.05, 0.1) is 15.5 Å². The van der Waals surface area contributed by atoms with Gasteiger partial charge in [0.15, 0.2) is 5.76 Å². The summed E-state index contributed by atoms with van der Waals surface area (Å²) < 4.78 is 23.1. The van der Waals surface area contributed by atoms with Gasteiger partial charge in [-0.25, -0.2) is 9.18 Å². The minimum atomic E-state index is -0.829. The number of nitro groups is 1. The summed E-state index contributed by atoms with van der Waals surface area (Å²) in [7, 11) is 0. The molecule has 0 spiro atoms. The smallest absolute Gasteiger partial charge is 0.340 e. The van der Waals surface area contributed by atoms with Crippen LogP contribution in [0.15, 0.2) is 53.1 Å². The van der Waals surface area contributed by atoms with Crippen molar-refractivity contribution >= 4 is 23.3 Å². The number of carbonyl (C=O) groups is 1. The highest BCUT2D eigenvalue weighted by Crippen LogP contribution is 2.24. The number of benzene rings is 2. The number of nitro benzene ring substituents is 1. The van der Waals surface area contributed by atoms with E-state index in [-0.39, 0.29) is 28.7 Å². The molecule has 0 unspecified atom stereocenters. The van der Waals surface area contributed by atoms with Crippen molar-refractivity contribution in [3.8, 4) is 11.3 Å². The van der Waals surface area contributed by atoms with Crippen molar-refractivity contribution in [3.63, 3.8) is 0 Å². The van der Waals surface area contributed by atoms with E-state index >= 15 is 0 Å². The van der Waals surface area contributed by atoms with E-state index in [4.69, 9.17) is 20.9 Å². The van der Waals surface area contributed by atoms with Crippen LogP contribution in [0.25, 0.3) is 11.3 Å². The van der Waals surface area contributed by atoms with E-state index in [9.17, 15) is 19.3 Å². The highest BCUT2D eigenvalue weighted by atomic mass is 35.5. The summed E-state index contributed by atoms with van der Waals surface area (Å²) in [6.07, 6.45) is 0. The standard InChI is InChI=1S/C17H10ClFN2O5/c18-15-6-5-13(21(23)24)8-14(15)17(22)25-9-12-7-16(26-20-12)10-1-3-11(19)4-2-10/h1-8H,9H2. The molecule has 0 aliphatic rings. The summed E-state index contributed by atoms with van der Waals surface area (Å²) in [5.74, 6) is -0.828. The van der Waals surface area contributed by atoms with Gasteiger partial charge in [-0.3, -0.25) is 10.1 Å². The third kappa shape index (κ3) is 3.86. The molecule has 7 nitrogen and oxygen atoms in total. The quantitative estimate of drug-likeness (QED) is 0.372. The maximum atomic E-state index is 12.9. The third-order valence-electron chi connectivity index (χ3n) is 3.42. The van der Waals surface area contributed by atoms with Gasteiger partial charge in [0.25, 0.3) is 5.69 Å². The number of rotatable bonds is 5. The molecule has 2 aromatic carbocycles. The molecular formula is C17H10ClFN2O5. The van der Waals surface area contributed by atoms with Gasteiger partial charge in [-0.1, -0.05) is 16.8 Å². The highest BCUT2D eigenvalue weighted by molar-refractivity contribution is 6.33. The molecule has 1 aromatic heterocycles. The molecule has 3 aromatic rings. The zero-order chi connectivity index (χ0) is 18.7. The van der Waals surface area contributed by atoms with Crippen molar-refractivity contribution in [2.24, 2.45) is 0 Å². The van der Waals surface area contributed by atoms with Crippen LogP contribution >= 0.6 is 11.6 Å². The molecule has 26 heavy (non-hydrogen) atoms. The molecule has 0 saturated carbocycles. The summed E-state index contributed by atoms with van der Waals surface area (Å²) in [6.45, 7) is -0.220. The molecule has 0 amide bonds. The van der Waals surface area contributed by atoms with Gasteiger partial charge >= 0.3 is 5.97 Å². The van der Waals surface area contributed by atoms with Crippen LogP contribution in [0.3, 0.4) is 0 Å². The number of carbonyl (C=O) groups excluding carboxylic acids is 1. The molecule has 0 bridgehead atoms. The Kier molecular flexibility index (Phi) is 4.94. The zero-order valence-electron chi connectivity index (χ0n) is 13.0. The van der Waals surface area contributed by atoms with Gasteiger partial charge in [0.2, 0.25) is 0 Å². The second-order valence-electron chi connectivity index (χ2n) is 5.19. The molecule has 3 rings (SSSR count). The number of halogens is 2. The topological polar surface area (TPSA) is 95.5 Å². The molecule has 0 aliphatic carbocycles. The Bertz CT molecular complexity index is 972. The van der Waals surface area contributed by atoms with Crippen LogP contribution < -0.4 is 0 Å². The molecule has 0 saturated heterocycles. The Morgan fingerprint density at radius 1 is 1.23 bits per heavy atom. The molecule has 9 heteroatoms. The lowest BCUT2D eigenvalue weighted by Crippen LogP contribution is -2.06. The fourth-order valence-corrected chi connectivity index (χ4v) is 2.33. The van der Waals surface area contributed by atoms with Crippen LogP contribution in [0.5, 0.6) is 0 Å². The number of nitrogens with zero attached hydrogens (tertiary/aromatic N) is 2. The third-order valence-corrected chi connectivity index (χ3v) is 3.75. The first-order valence-electron chi connectivity index (χ1n) is 7.26. The number of esters is 1. The van der Waals surface area contributed by atoms with Gasteiger partial charge in [-0.05, 0) is 30.3 Å². The summed E-state index contributed by atoms with van der Waals surface area (Å²) in [5, 5.41) is 14.6. The second-order valence-corrected chi connectivity index (χ2v) is 5.59. The number of hydrogen-bond donors (Lipinski definition) is 0. The molecular weight excluding hydrogens is 367 g/mol. The van der Waals surface area contributed by atoms with Gasteiger partial charge in [-0.2, -0.15) is 0 Å². The average Bonchev–Trinajstić information content (AvgIpc) is 3.09. The molecule has 132 valence electrons. The summed E-state index contributed by atoms with van der Waals surface area (Å²) >= 11 is 5.89. The van der Waals surface area contributed by atoms with Crippen molar-refractivity contribution in [2.75, 3.05) is 0 Å². The maximum Gasteiger partial charge on any atom is 0.340 e. The van der Waals surface area contributed by atoms with E-state index in [0.717, 1.165) is 6.07 Å². The minimum absolute atomic E-state index is 0.0350. The van der Waals surface area contributed by atoms with Crippen molar-refractivity contribution in [2.45, 2.75) is 6.61 Å². The fraction of sp³-hybridized carbons (Fsp3) is 0.0588. The Morgan fingerprint density at radius 3 is 2.65 bits per heavy atom. The summed E-state index contributed by atoms with van der Waals surface area (Å²) in [4.78, 5) is 22.2. The summed E-state index contributed by atoms with van der Waals surface area (Å²) in [6, 6.07) is 10.6. The van der Waals surface area contributed by atoms with Crippen molar-refractivity contribution in [3.05, 3.63) is 80.7 Å². The number of non-ortho nitro benzene ring substituents is 1. The Labute approximate surface area is 151 Å². The van der Waals surface area contributed by atoms with E-state index < -0.39 is 10.9 Å². The van der Waals surface area contributed by atoms with Gasteiger partial charge in [0.1, 0.15) is 18.1 Å². The van der Waals surface area contributed by atoms with Crippen LogP contribution in [0.2, 0.25) is 5.02 Å². The Morgan fingerprint density at radius 2 is 1.96 bits per heavy atom. The lowest BCUT2D eigenvalue weighted by atomic mass is 10.1. The van der Waals surface area contributed by atoms with Crippen LogP contribution in [-0.4, -0.2) is 16.0 Å². The van der Waals surface area contributed by atoms with E-state index in [2.05, 4.69) is 5.16 Å². The highest BCUT2D eigenvalue weighted by Gasteiger charge is 2.18. The molecule has 1 heterocycles. The van der Waals surface area contributed by atoms with Crippen molar-refractivity contribution in [1.82, 2.24) is 5.16 Å². The van der Waals surface area contributed by atoms with Gasteiger partial charge in [-0.15, -0.1) is 0 Å². The van der Waals surface area contributed by atoms with Crippen LogP contribution in [0.4, 0.5) is 10.1 Å². The monoisotopic (exact) mass is 376 g/mol. The molecule has 0 N–H and O–H groups in total. The second kappa shape index (κ2) is 7.32. The Hall–Kier alpha value is -3.26. The predicted molar refractivity (Wildman–Crippen MR) is 89.1 cm³/mol. The van der Waals surface area contributed by atoms with E-state index in [1.807, 2.05) is 0 Å².